The molecule has 38 heavy (non-hydrogen) atoms. The van der Waals surface area contributed by atoms with Crippen LogP contribution in [0.4, 0.5) is 18.9 Å². The number of carbonyl (C=O) groups excluding carboxylic acids is 2. The van der Waals surface area contributed by atoms with Crippen molar-refractivity contribution in [3.05, 3.63) is 81.7 Å². The van der Waals surface area contributed by atoms with E-state index in [-0.39, 0.29) is 34.5 Å². The number of amides is 2. The number of nitrogens with one attached hydrogen (secondary N) is 1. The second-order valence-corrected chi connectivity index (χ2v) is 9.44. The van der Waals surface area contributed by atoms with Crippen molar-refractivity contribution in [2.24, 2.45) is 12.8 Å². The van der Waals surface area contributed by atoms with Gasteiger partial charge in [-0.25, -0.2) is 9.48 Å². The highest BCUT2D eigenvalue weighted by atomic mass is 19.4. The van der Waals surface area contributed by atoms with Gasteiger partial charge in [0.2, 0.25) is 5.91 Å². The molecule has 0 radical (unpaired) electrons. The third-order valence-corrected chi connectivity index (χ3v) is 7.09. The van der Waals surface area contributed by atoms with E-state index < -0.39 is 23.6 Å². The molecule has 1 fully saturated rings. The number of halogens is 3. The maximum atomic E-state index is 13.8. The fourth-order valence-corrected chi connectivity index (χ4v) is 5.10. The third kappa shape index (κ3) is 4.35. The van der Waals surface area contributed by atoms with Crippen LogP contribution in [0.2, 0.25) is 0 Å². The molecule has 0 atom stereocenters. The first-order valence-corrected chi connectivity index (χ1v) is 12.0. The Hall–Kier alpha value is -4.35. The van der Waals surface area contributed by atoms with Gasteiger partial charge in [0.05, 0.1) is 16.6 Å². The van der Waals surface area contributed by atoms with Crippen molar-refractivity contribution in [2.45, 2.75) is 44.4 Å². The van der Waals surface area contributed by atoms with Crippen LogP contribution in [0, 0.1) is 0 Å². The summed E-state index contributed by atoms with van der Waals surface area (Å²) in [5, 5.41) is 6.89. The number of alkyl halides is 3. The van der Waals surface area contributed by atoms with Gasteiger partial charge in [0, 0.05) is 47.9 Å². The zero-order chi connectivity index (χ0) is 27.4. The normalized spacial score (nSPS) is 17.4. The molecule has 0 spiro atoms. The summed E-state index contributed by atoms with van der Waals surface area (Å²) < 4.78 is 46.1. The summed E-state index contributed by atoms with van der Waals surface area (Å²) >= 11 is 0. The van der Waals surface area contributed by atoms with Crippen LogP contribution in [0.1, 0.15) is 63.7 Å². The number of benzene rings is 2. The lowest BCUT2D eigenvalue weighted by Crippen LogP contribution is -2.33. The van der Waals surface area contributed by atoms with E-state index in [1.807, 2.05) is 11.5 Å². The Labute approximate surface area is 214 Å². The molecule has 12 heteroatoms. The average Bonchev–Trinajstić information content (AvgIpc) is 3.36. The Kier molecular flexibility index (Phi) is 6.12. The molecule has 2 amide bonds. The minimum Gasteiger partial charge on any atom is -0.366 e. The summed E-state index contributed by atoms with van der Waals surface area (Å²) in [5.74, 6) is -1.44. The molecule has 2 aromatic heterocycles. The van der Waals surface area contributed by atoms with Crippen LogP contribution in [-0.2, 0) is 19.8 Å². The Bertz CT molecular complexity index is 1630. The molecule has 5 rings (SSSR count). The van der Waals surface area contributed by atoms with Crippen molar-refractivity contribution in [1.29, 1.82) is 0 Å². The van der Waals surface area contributed by atoms with Gasteiger partial charge in [0.15, 0.2) is 0 Å². The van der Waals surface area contributed by atoms with Crippen LogP contribution >= 0.6 is 0 Å². The number of primary amides is 1. The number of aryl methyl sites for hydroxylation is 2. The Morgan fingerprint density at radius 3 is 2.50 bits per heavy atom. The van der Waals surface area contributed by atoms with Gasteiger partial charge in [-0.3, -0.25) is 14.2 Å². The fourth-order valence-electron chi connectivity index (χ4n) is 5.10. The molecule has 1 saturated carbocycles. The first kappa shape index (κ1) is 25.3. The predicted molar refractivity (Wildman–Crippen MR) is 134 cm³/mol. The number of nitrogens with zero attached hydrogens (tertiary/aromatic N) is 4. The summed E-state index contributed by atoms with van der Waals surface area (Å²) in [6.07, 6.45) is -1.93. The molecule has 0 saturated heterocycles. The standard InChI is InChI=1S/C26H25F3N6O3/c1-3-34-21(15-9-19(10-15)35-13-31-33(2)25(35)38)11-16-7-17(26(27,28)29)12-20(22(16)34)24(37)32-18-6-4-5-14(8-18)23(30)36/h4-8,11-13,15,19H,3,9-10H2,1-2H3,(H2,30,36)(H,32,37). The quantitative estimate of drug-likeness (QED) is 0.394. The van der Waals surface area contributed by atoms with Gasteiger partial charge in [0.25, 0.3) is 5.91 Å². The predicted octanol–water partition coefficient (Wildman–Crippen LogP) is 4.05. The van der Waals surface area contributed by atoms with E-state index in [1.54, 1.807) is 17.7 Å². The molecule has 0 bridgehead atoms. The number of anilines is 1. The van der Waals surface area contributed by atoms with Crippen LogP contribution in [-0.4, -0.2) is 30.7 Å². The lowest BCUT2D eigenvalue weighted by Gasteiger charge is -2.36. The maximum absolute atomic E-state index is 13.8. The first-order chi connectivity index (χ1) is 18.0. The summed E-state index contributed by atoms with van der Waals surface area (Å²) in [6.45, 7) is 2.29. The van der Waals surface area contributed by atoms with Crippen molar-refractivity contribution < 1.29 is 22.8 Å². The van der Waals surface area contributed by atoms with Gasteiger partial charge in [0.1, 0.15) is 6.33 Å². The van der Waals surface area contributed by atoms with Crippen molar-refractivity contribution in [2.75, 3.05) is 5.32 Å². The van der Waals surface area contributed by atoms with E-state index in [4.69, 9.17) is 5.73 Å². The third-order valence-electron chi connectivity index (χ3n) is 7.09. The van der Waals surface area contributed by atoms with Gasteiger partial charge in [-0.2, -0.15) is 18.3 Å². The zero-order valence-electron chi connectivity index (χ0n) is 20.6. The molecule has 2 heterocycles. The van der Waals surface area contributed by atoms with E-state index in [0.717, 1.165) is 17.8 Å². The molecule has 0 aliphatic heterocycles. The summed E-state index contributed by atoms with van der Waals surface area (Å²) in [4.78, 5) is 37.1. The van der Waals surface area contributed by atoms with Crippen LogP contribution in [0.25, 0.3) is 10.9 Å². The number of aromatic nitrogens is 4. The van der Waals surface area contributed by atoms with Crippen LogP contribution in [0.3, 0.4) is 0 Å². The van der Waals surface area contributed by atoms with E-state index in [0.29, 0.717) is 30.3 Å². The highest BCUT2D eigenvalue weighted by molar-refractivity contribution is 6.13. The molecular formula is C26H25F3N6O3. The fraction of sp³-hybridized carbons (Fsp3) is 0.308. The van der Waals surface area contributed by atoms with Gasteiger partial charge in [-0.1, -0.05) is 6.07 Å². The number of hydrogen-bond acceptors (Lipinski definition) is 4. The minimum atomic E-state index is -4.66. The van der Waals surface area contributed by atoms with Crippen molar-refractivity contribution >= 4 is 28.4 Å². The Balaban J connectivity index is 1.55. The lowest BCUT2D eigenvalue weighted by molar-refractivity contribution is -0.137. The molecule has 1 aliphatic rings. The molecule has 2 aromatic carbocycles. The Morgan fingerprint density at radius 2 is 1.89 bits per heavy atom. The minimum absolute atomic E-state index is 0.00282. The molecule has 9 nitrogen and oxygen atoms in total. The highest BCUT2D eigenvalue weighted by Crippen LogP contribution is 2.46. The van der Waals surface area contributed by atoms with E-state index in [2.05, 4.69) is 10.4 Å². The van der Waals surface area contributed by atoms with Crippen molar-refractivity contribution in [3.8, 4) is 0 Å². The second-order valence-electron chi connectivity index (χ2n) is 9.44. The molecular weight excluding hydrogens is 501 g/mol. The molecule has 1 aliphatic carbocycles. The van der Waals surface area contributed by atoms with Crippen LogP contribution < -0.4 is 16.7 Å². The monoisotopic (exact) mass is 526 g/mol. The molecule has 198 valence electrons. The van der Waals surface area contributed by atoms with Crippen molar-refractivity contribution in [3.63, 3.8) is 0 Å². The Morgan fingerprint density at radius 1 is 1.16 bits per heavy atom. The van der Waals surface area contributed by atoms with Crippen LogP contribution in [0.5, 0.6) is 0 Å². The highest BCUT2D eigenvalue weighted by Gasteiger charge is 2.37. The number of hydrogen-bond donors (Lipinski definition) is 2. The maximum Gasteiger partial charge on any atom is 0.416 e. The van der Waals surface area contributed by atoms with Gasteiger partial charge < -0.3 is 15.6 Å². The van der Waals surface area contributed by atoms with E-state index in [1.165, 1.54) is 35.3 Å². The lowest BCUT2D eigenvalue weighted by atomic mass is 9.78. The van der Waals surface area contributed by atoms with Crippen LogP contribution in [0.15, 0.2) is 53.6 Å². The van der Waals surface area contributed by atoms with E-state index >= 15 is 0 Å². The SMILES string of the molecule is CCn1c(C2CC(n3cnn(C)c3=O)C2)cc2cc(C(F)(F)F)cc(C(=O)Nc3cccc(C(N)=O)c3)c21. The zero-order valence-corrected chi connectivity index (χ0v) is 20.6. The number of rotatable bonds is 6. The topological polar surface area (TPSA) is 117 Å². The van der Waals surface area contributed by atoms with Crippen molar-refractivity contribution in [1.82, 2.24) is 18.9 Å². The second kappa shape index (κ2) is 9.19. The molecule has 4 aromatic rings. The van der Waals surface area contributed by atoms with Gasteiger partial charge in [-0.15, -0.1) is 0 Å². The summed E-state index contributed by atoms with van der Waals surface area (Å²) in [6, 6.07) is 9.42. The van der Waals surface area contributed by atoms with Gasteiger partial charge >= 0.3 is 11.9 Å². The summed E-state index contributed by atoms with van der Waals surface area (Å²) in [5.41, 5.74) is 5.60. The molecule has 0 unspecified atom stereocenters. The van der Waals surface area contributed by atoms with E-state index in [9.17, 15) is 27.6 Å². The van der Waals surface area contributed by atoms with Gasteiger partial charge in [-0.05, 0) is 56.2 Å². The number of nitrogens with two attached hydrogens (primary N) is 1. The number of carbonyl (C=O) groups is 2. The largest absolute Gasteiger partial charge is 0.416 e. The summed E-state index contributed by atoms with van der Waals surface area (Å²) in [7, 11) is 1.57. The average molecular weight is 527 g/mol. The smallest absolute Gasteiger partial charge is 0.366 e. The molecule has 3 N–H and O–H groups in total. The number of fused-ring (bicyclic) bond motifs is 1. The first-order valence-electron chi connectivity index (χ1n) is 12.0.